The molecule has 168 valence electrons. The molecule has 1 atom stereocenters. The molecule has 0 radical (unpaired) electrons. The van der Waals surface area contributed by atoms with Gasteiger partial charge in [-0.25, -0.2) is 4.98 Å². The third kappa shape index (κ3) is 4.30. The zero-order chi connectivity index (χ0) is 22.8. The molecule has 0 unspecified atom stereocenters. The highest BCUT2D eigenvalue weighted by Gasteiger charge is 2.24. The Morgan fingerprint density at radius 1 is 1.19 bits per heavy atom. The van der Waals surface area contributed by atoms with Gasteiger partial charge in [0.2, 0.25) is 5.43 Å². The lowest BCUT2D eigenvalue weighted by Crippen LogP contribution is -2.36. The summed E-state index contributed by atoms with van der Waals surface area (Å²) in [6, 6.07) is 5.65. The highest BCUT2D eigenvalue weighted by Crippen LogP contribution is 2.29. The van der Waals surface area contributed by atoms with E-state index in [1.54, 1.807) is 19.3 Å². The summed E-state index contributed by atoms with van der Waals surface area (Å²) in [6.45, 7) is 6.01. The third-order valence-corrected chi connectivity index (χ3v) is 6.03. The van der Waals surface area contributed by atoms with E-state index in [1.165, 1.54) is 0 Å². The van der Waals surface area contributed by atoms with E-state index < -0.39 is 23.3 Å². The van der Waals surface area contributed by atoms with Crippen LogP contribution in [0.25, 0.3) is 11.0 Å². The molecule has 3 N–H and O–H groups in total. The fraction of sp³-hybridized carbons (Fsp3) is 0.417. The second kappa shape index (κ2) is 8.98. The van der Waals surface area contributed by atoms with Gasteiger partial charge in [-0.15, -0.1) is 0 Å². The van der Waals surface area contributed by atoms with Crippen molar-refractivity contribution in [2.45, 2.75) is 58.5 Å². The minimum Gasteiger partial charge on any atom is -0.352 e. The fourth-order valence-corrected chi connectivity index (χ4v) is 4.28. The summed E-state index contributed by atoms with van der Waals surface area (Å²) in [5.74, 6) is -0.369. The number of pyridine rings is 1. The number of aromatic amines is 1. The van der Waals surface area contributed by atoms with Crippen molar-refractivity contribution in [2.24, 2.45) is 0 Å². The van der Waals surface area contributed by atoms with Crippen molar-refractivity contribution in [1.82, 2.24) is 25.2 Å². The van der Waals surface area contributed by atoms with Crippen LogP contribution in [0.3, 0.4) is 0 Å². The molecule has 0 saturated heterocycles. The van der Waals surface area contributed by atoms with Crippen LogP contribution in [-0.2, 0) is 0 Å². The topological polar surface area (TPSA) is 109 Å². The van der Waals surface area contributed by atoms with E-state index in [4.69, 9.17) is 0 Å². The normalized spacial score (nSPS) is 15.1. The molecule has 1 fully saturated rings. The van der Waals surface area contributed by atoms with Gasteiger partial charge in [-0.05, 0) is 51.3 Å². The molecule has 2 heterocycles. The number of aromatic nitrogens is 3. The molecule has 1 aliphatic carbocycles. The van der Waals surface area contributed by atoms with E-state index in [0.717, 1.165) is 42.3 Å². The number of carbonyl (C=O) groups is 2. The molecule has 1 saturated carbocycles. The number of rotatable bonds is 6. The Morgan fingerprint density at radius 3 is 2.56 bits per heavy atom. The summed E-state index contributed by atoms with van der Waals surface area (Å²) in [4.78, 5) is 46.5. The van der Waals surface area contributed by atoms with Gasteiger partial charge >= 0.3 is 0 Å². The average molecular weight is 436 g/mol. The number of hydrogen-bond acceptors (Lipinski definition) is 4. The van der Waals surface area contributed by atoms with Crippen LogP contribution < -0.4 is 16.1 Å². The predicted octanol–water partition coefficient (Wildman–Crippen LogP) is 3.39. The molecule has 1 aliphatic rings. The summed E-state index contributed by atoms with van der Waals surface area (Å²) < 4.78 is 1.86. The van der Waals surface area contributed by atoms with Gasteiger partial charge in [0, 0.05) is 25.0 Å². The molecular formula is C24H29N5O3. The van der Waals surface area contributed by atoms with Crippen LogP contribution in [0.5, 0.6) is 0 Å². The number of nitrogens with one attached hydrogen (secondary N) is 3. The molecule has 32 heavy (non-hydrogen) atoms. The minimum atomic E-state index is -0.560. The number of carbonyl (C=O) groups excluding carboxylic acids is 2. The monoisotopic (exact) mass is 435 g/mol. The van der Waals surface area contributed by atoms with E-state index in [0.29, 0.717) is 12.4 Å². The lowest BCUT2D eigenvalue weighted by Gasteiger charge is -2.18. The molecule has 8 heteroatoms. The smallest absolute Gasteiger partial charge is 0.257 e. The van der Waals surface area contributed by atoms with Crippen molar-refractivity contribution in [1.29, 1.82) is 0 Å². The zero-order valence-corrected chi connectivity index (χ0v) is 18.7. The molecule has 3 aromatic rings. The summed E-state index contributed by atoms with van der Waals surface area (Å²) in [5.41, 5.74) is 2.23. The summed E-state index contributed by atoms with van der Waals surface area (Å²) in [6.07, 6.45) is 7.30. The summed E-state index contributed by atoms with van der Waals surface area (Å²) >= 11 is 0. The SMILES string of the molecule is CCNC(=O)c1cn(C2CCCC2)cc(C(=O)N[C@H](C)c2nc3ccc(C)cc3[nH]2)c1=O. The molecule has 2 amide bonds. The van der Waals surface area contributed by atoms with Gasteiger partial charge in [0.05, 0.1) is 17.1 Å². The average Bonchev–Trinajstić information content (AvgIpc) is 3.43. The van der Waals surface area contributed by atoms with Crippen LogP contribution in [0.1, 0.15) is 83.7 Å². The first-order valence-corrected chi connectivity index (χ1v) is 11.2. The number of benzene rings is 1. The molecule has 8 nitrogen and oxygen atoms in total. The Hall–Kier alpha value is -3.42. The van der Waals surface area contributed by atoms with Crippen LogP contribution in [0.4, 0.5) is 0 Å². The molecule has 0 aliphatic heterocycles. The highest BCUT2D eigenvalue weighted by atomic mass is 16.2. The number of nitrogens with zero attached hydrogens (tertiary/aromatic N) is 2. The van der Waals surface area contributed by atoms with E-state index in [2.05, 4.69) is 20.6 Å². The van der Waals surface area contributed by atoms with Gasteiger partial charge in [0.25, 0.3) is 11.8 Å². The van der Waals surface area contributed by atoms with Gasteiger partial charge in [0.15, 0.2) is 0 Å². The summed E-state index contributed by atoms with van der Waals surface area (Å²) in [7, 11) is 0. The molecular weight excluding hydrogens is 406 g/mol. The van der Waals surface area contributed by atoms with Crippen LogP contribution in [0, 0.1) is 6.92 Å². The van der Waals surface area contributed by atoms with Crippen LogP contribution in [0.2, 0.25) is 0 Å². The molecule has 0 spiro atoms. The largest absolute Gasteiger partial charge is 0.352 e. The first-order valence-electron chi connectivity index (χ1n) is 11.2. The Bertz CT molecular complexity index is 1220. The van der Waals surface area contributed by atoms with E-state index in [-0.39, 0.29) is 17.2 Å². The molecule has 2 aromatic heterocycles. The number of fused-ring (bicyclic) bond motifs is 1. The predicted molar refractivity (Wildman–Crippen MR) is 123 cm³/mol. The number of amides is 2. The van der Waals surface area contributed by atoms with Gasteiger partial charge in [-0.2, -0.15) is 0 Å². The fourth-order valence-electron chi connectivity index (χ4n) is 4.28. The van der Waals surface area contributed by atoms with E-state index >= 15 is 0 Å². The lowest BCUT2D eigenvalue weighted by atomic mass is 10.1. The molecule has 1 aromatic carbocycles. The maximum absolute atomic E-state index is 13.1. The molecule has 4 rings (SSSR count). The van der Waals surface area contributed by atoms with Crippen LogP contribution in [-0.4, -0.2) is 32.9 Å². The van der Waals surface area contributed by atoms with Gasteiger partial charge in [-0.1, -0.05) is 18.9 Å². The van der Waals surface area contributed by atoms with Crippen molar-refractivity contribution in [2.75, 3.05) is 6.54 Å². The van der Waals surface area contributed by atoms with Gasteiger partial charge in [0.1, 0.15) is 17.0 Å². The van der Waals surface area contributed by atoms with Gasteiger partial charge in [-0.3, -0.25) is 14.4 Å². The Balaban J connectivity index is 1.65. The maximum atomic E-state index is 13.1. The number of H-pyrrole nitrogens is 1. The maximum Gasteiger partial charge on any atom is 0.257 e. The standard InChI is InChI=1S/C24H29N5O3/c1-4-25-23(31)17-12-29(16-7-5-6-8-16)13-18(21(17)30)24(32)26-15(3)22-27-19-10-9-14(2)11-20(19)28-22/h9-13,15-16H,4-8H2,1-3H3,(H,25,31)(H,26,32)(H,27,28)/t15-/m1/s1. The van der Waals surface area contributed by atoms with Crippen molar-refractivity contribution >= 4 is 22.8 Å². The Kier molecular flexibility index (Phi) is 6.12. The first-order chi connectivity index (χ1) is 15.4. The van der Waals surface area contributed by atoms with Crippen LogP contribution >= 0.6 is 0 Å². The highest BCUT2D eigenvalue weighted by molar-refractivity contribution is 5.99. The van der Waals surface area contributed by atoms with Crippen LogP contribution in [0.15, 0.2) is 35.4 Å². The number of hydrogen-bond donors (Lipinski definition) is 3. The van der Waals surface area contributed by atoms with Crippen molar-refractivity contribution in [3.8, 4) is 0 Å². The van der Waals surface area contributed by atoms with Crippen molar-refractivity contribution in [3.63, 3.8) is 0 Å². The minimum absolute atomic E-state index is 0.00161. The quantitative estimate of drug-likeness (QED) is 0.551. The zero-order valence-electron chi connectivity index (χ0n) is 18.7. The number of aryl methyl sites for hydroxylation is 1. The Labute approximate surface area is 186 Å². The summed E-state index contributed by atoms with van der Waals surface area (Å²) in [5, 5.41) is 5.54. The van der Waals surface area contributed by atoms with E-state index in [9.17, 15) is 14.4 Å². The molecule has 0 bridgehead atoms. The second-order valence-electron chi connectivity index (χ2n) is 8.50. The van der Waals surface area contributed by atoms with Crippen molar-refractivity contribution < 1.29 is 9.59 Å². The lowest BCUT2D eigenvalue weighted by molar-refractivity contribution is 0.0936. The third-order valence-electron chi connectivity index (χ3n) is 6.03. The number of imidazole rings is 1. The first kappa shape index (κ1) is 21.8. The Morgan fingerprint density at radius 2 is 1.88 bits per heavy atom. The van der Waals surface area contributed by atoms with Crippen molar-refractivity contribution in [3.05, 3.63) is 63.3 Å². The van der Waals surface area contributed by atoms with E-state index in [1.807, 2.05) is 36.6 Å². The van der Waals surface area contributed by atoms with Gasteiger partial charge < -0.3 is 20.2 Å². The second-order valence-corrected chi connectivity index (χ2v) is 8.50.